The van der Waals surface area contributed by atoms with E-state index in [9.17, 15) is 0 Å². The maximum Gasteiger partial charge on any atom is 0.0577 e. The van der Waals surface area contributed by atoms with E-state index in [0.717, 1.165) is 16.0 Å². The van der Waals surface area contributed by atoms with Gasteiger partial charge in [-0.1, -0.05) is 54.4 Å². The Hall–Kier alpha value is -0.830. The van der Waals surface area contributed by atoms with Gasteiger partial charge >= 0.3 is 0 Å². The molecule has 0 aliphatic heterocycles. The maximum atomic E-state index is 6.06. The van der Waals surface area contributed by atoms with Crippen molar-refractivity contribution in [3.63, 3.8) is 0 Å². The minimum atomic E-state index is 0.194. The highest BCUT2D eigenvalue weighted by Gasteiger charge is 2.13. The molecule has 3 heteroatoms. The van der Waals surface area contributed by atoms with Gasteiger partial charge in [0.05, 0.1) is 11.1 Å². The van der Waals surface area contributed by atoms with Crippen LogP contribution in [0.15, 0.2) is 46.9 Å². The molecular formula is C16H17BrClN. The monoisotopic (exact) mass is 337 g/mol. The Morgan fingerprint density at radius 3 is 2.32 bits per heavy atom. The molecule has 1 unspecified atom stereocenters. The van der Waals surface area contributed by atoms with Crippen molar-refractivity contribution in [3.8, 4) is 0 Å². The van der Waals surface area contributed by atoms with Crippen LogP contribution < -0.4 is 5.32 Å². The number of rotatable bonds is 4. The van der Waals surface area contributed by atoms with Crippen molar-refractivity contribution in [2.75, 3.05) is 6.54 Å². The third kappa shape index (κ3) is 3.59. The van der Waals surface area contributed by atoms with Crippen molar-refractivity contribution in [3.05, 3.63) is 68.7 Å². The lowest BCUT2D eigenvalue weighted by atomic mass is 9.98. The SMILES string of the molecule is CCNC(c1ccc(C)cc1)c1ccc(Cl)c(Br)c1. The predicted octanol–water partition coefficient (Wildman–Crippen LogP) is 5.11. The van der Waals surface area contributed by atoms with E-state index < -0.39 is 0 Å². The normalized spacial score (nSPS) is 12.4. The molecule has 2 aromatic carbocycles. The van der Waals surface area contributed by atoms with E-state index in [4.69, 9.17) is 11.6 Å². The number of benzene rings is 2. The molecule has 0 saturated heterocycles. The third-order valence-electron chi connectivity index (χ3n) is 3.10. The molecule has 0 aromatic heterocycles. The quantitative estimate of drug-likeness (QED) is 0.817. The maximum absolute atomic E-state index is 6.06. The van der Waals surface area contributed by atoms with Crippen LogP contribution in [-0.4, -0.2) is 6.54 Å². The van der Waals surface area contributed by atoms with Gasteiger partial charge in [0, 0.05) is 4.47 Å². The van der Waals surface area contributed by atoms with Crippen molar-refractivity contribution >= 4 is 27.5 Å². The van der Waals surface area contributed by atoms with Crippen LogP contribution in [0.4, 0.5) is 0 Å². The van der Waals surface area contributed by atoms with E-state index in [1.165, 1.54) is 16.7 Å². The van der Waals surface area contributed by atoms with E-state index >= 15 is 0 Å². The van der Waals surface area contributed by atoms with Crippen molar-refractivity contribution in [2.24, 2.45) is 0 Å². The molecule has 19 heavy (non-hydrogen) atoms. The largest absolute Gasteiger partial charge is 0.307 e. The molecule has 0 radical (unpaired) electrons. The highest BCUT2D eigenvalue weighted by Crippen LogP contribution is 2.29. The molecule has 0 bridgehead atoms. The van der Waals surface area contributed by atoms with Crippen LogP contribution in [0.2, 0.25) is 5.02 Å². The van der Waals surface area contributed by atoms with Gasteiger partial charge in [-0.05, 0) is 52.7 Å². The lowest BCUT2D eigenvalue weighted by Gasteiger charge is -2.19. The highest BCUT2D eigenvalue weighted by molar-refractivity contribution is 9.10. The number of hydrogen-bond donors (Lipinski definition) is 1. The van der Waals surface area contributed by atoms with Crippen molar-refractivity contribution < 1.29 is 0 Å². The molecule has 2 rings (SSSR count). The Morgan fingerprint density at radius 1 is 1.11 bits per heavy atom. The zero-order valence-corrected chi connectivity index (χ0v) is 13.4. The first-order chi connectivity index (χ1) is 9.11. The summed E-state index contributed by atoms with van der Waals surface area (Å²) in [7, 11) is 0. The van der Waals surface area contributed by atoms with Gasteiger partial charge in [-0.2, -0.15) is 0 Å². The zero-order chi connectivity index (χ0) is 13.8. The van der Waals surface area contributed by atoms with Crippen LogP contribution in [0.5, 0.6) is 0 Å². The lowest BCUT2D eigenvalue weighted by Crippen LogP contribution is -2.21. The van der Waals surface area contributed by atoms with Crippen molar-refractivity contribution in [2.45, 2.75) is 19.9 Å². The van der Waals surface area contributed by atoms with Gasteiger partial charge in [-0.3, -0.25) is 0 Å². The number of aryl methyl sites for hydroxylation is 1. The van der Waals surface area contributed by atoms with Crippen LogP contribution in [-0.2, 0) is 0 Å². The van der Waals surface area contributed by atoms with E-state index in [1.54, 1.807) is 0 Å². The first-order valence-corrected chi connectivity index (χ1v) is 7.54. The molecular weight excluding hydrogens is 322 g/mol. The molecule has 100 valence electrons. The molecule has 0 spiro atoms. The summed E-state index contributed by atoms with van der Waals surface area (Å²) in [5, 5.41) is 4.26. The molecule has 2 aromatic rings. The van der Waals surface area contributed by atoms with Crippen LogP contribution in [0, 0.1) is 6.92 Å². The predicted molar refractivity (Wildman–Crippen MR) is 85.9 cm³/mol. The van der Waals surface area contributed by atoms with Crippen LogP contribution in [0.3, 0.4) is 0 Å². The summed E-state index contributed by atoms with van der Waals surface area (Å²) in [4.78, 5) is 0. The Labute approximate surface area is 128 Å². The van der Waals surface area contributed by atoms with Gasteiger partial charge in [0.1, 0.15) is 0 Å². The fourth-order valence-corrected chi connectivity index (χ4v) is 2.60. The zero-order valence-electron chi connectivity index (χ0n) is 11.1. The Kier molecular flexibility index (Phi) is 5.03. The first-order valence-electron chi connectivity index (χ1n) is 6.36. The van der Waals surface area contributed by atoms with Crippen LogP contribution in [0.25, 0.3) is 0 Å². The molecule has 1 nitrogen and oxygen atoms in total. The smallest absolute Gasteiger partial charge is 0.0577 e. The summed E-state index contributed by atoms with van der Waals surface area (Å²) < 4.78 is 0.932. The van der Waals surface area contributed by atoms with Gasteiger partial charge in [-0.25, -0.2) is 0 Å². The number of nitrogens with one attached hydrogen (secondary N) is 1. The average molecular weight is 339 g/mol. The van der Waals surface area contributed by atoms with Gasteiger partial charge < -0.3 is 5.32 Å². The first kappa shape index (κ1) is 14.6. The molecule has 0 aliphatic rings. The van der Waals surface area contributed by atoms with Gasteiger partial charge in [0.2, 0.25) is 0 Å². The fraction of sp³-hybridized carbons (Fsp3) is 0.250. The molecule has 0 aliphatic carbocycles. The third-order valence-corrected chi connectivity index (χ3v) is 4.31. The molecule has 0 fully saturated rings. The summed E-state index contributed by atoms with van der Waals surface area (Å²) in [6.45, 7) is 5.13. The number of halogens is 2. The minimum Gasteiger partial charge on any atom is -0.307 e. The van der Waals surface area contributed by atoms with Crippen LogP contribution in [0.1, 0.15) is 29.7 Å². The van der Waals surface area contributed by atoms with E-state index in [2.05, 4.69) is 71.5 Å². The van der Waals surface area contributed by atoms with E-state index in [1.807, 2.05) is 6.07 Å². The van der Waals surface area contributed by atoms with Gasteiger partial charge in [0.25, 0.3) is 0 Å². The van der Waals surface area contributed by atoms with Crippen LogP contribution >= 0.6 is 27.5 Å². The number of hydrogen-bond acceptors (Lipinski definition) is 1. The van der Waals surface area contributed by atoms with E-state index in [0.29, 0.717) is 0 Å². The summed E-state index contributed by atoms with van der Waals surface area (Å²) in [5.74, 6) is 0. The Balaban J connectivity index is 2.38. The lowest BCUT2D eigenvalue weighted by molar-refractivity contribution is 0.630. The molecule has 0 heterocycles. The Morgan fingerprint density at radius 2 is 1.74 bits per heavy atom. The van der Waals surface area contributed by atoms with E-state index in [-0.39, 0.29) is 6.04 Å². The fourth-order valence-electron chi connectivity index (χ4n) is 2.08. The second-order valence-corrected chi connectivity index (χ2v) is 5.84. The molecule has 1 N–H and O–H groups in total. The topological polar surface area (TPSA) is 12.0 Å². The second kappa shape index (κ2) is 6.56. The van der Waals surface area contributed by atoms with Gasteiger partial charge in [-0.15, -0.1) is 0 Å². The minimum absolute atomic E-state index is 0.194. The van der Waals surface area contributed by atoms with Gasteiger partial charge in [0.15, 0.2) is 0 Å². The standard InChI is InChI=1S/C16H17BrClN/c1-3-19-16(12-6-4-11(2)5-7-12)13-8-9-15(18)14(17)10-13/h4-10,16,19H,3H2,1-2H3. The molecule has 0 amide bonds. The summed E-state index contributed by atoms with van der Waals surface area (Å²) in [6, 6.07) is 14.9. The highest BCUT2D eigenvalue weighted by atomic mass is 79.9. The summed E-state index contributed by atoms with van der Waals surface area (Å²) >= 11 is 9.55. The average Bonchev–Trinajstić information content (AvgIpc) is 2.41. The molecule has 1 atom stereocenters. The van der Waals surface area contributed by atoms with Crippen molar-refractivity contribution in [1.29, 1.82) is 0 Å². The van der Waals surface area contributed by atoms with Crippen molar-refractivity contribution in [1.82, 2.24) is 5.32 Å². The Bertz CT molecular complexity index is 551. The summed E-state index contributed by atoms with van der Waals surface area (Å²) in [6.07, 6.45) is 0. The summed E-state index contributed by atoms with van der Waals surface area (Å²) in [5.41, 5.74) is 3.75. The molecule has 0 saturated carbocycles. The second-order valence-electron chi connectivity index (χ2n) is 4.57.